The zero-order chi connectivity index (χ0) is 10.4. The lowest BCUT2D eigenvalue weighted by Crippen LogP contribution is -2.11. The van der Waals surface area contributed by atoms with E-state index in [1.54, 1.807) is 13.0 Å². The Labute approximate surface area is 84.5 Å². The monoisotopic (exact) mass is 213 g/mol. The number of hydrogen-bond donors (Lipinski definition) is 1. The topological polar surface area (TPSA) is 64.1 Å². The first-order chi connectivity index (χ1) is 6.79. The van der Waals surface area contributed by atoms with Gasteiger partial charge in [-0.2, -0.15) is 5.10 Å². The molecule has 6 heteroatoms. The Morgan fingerprint density at radius 1 is 1.71 bits per heavy atom. The van der Waals surface area contributed by atoms with Crippen LogP contribution in [0.15, 0.2) is 12.3 Å². The maximum atomic E-state index is 11.4. The van der Waals surface area contributed by atoms with E-state index >= 15 is 0 Å². The summed E-state index contributed by atoms with van der Waals surface area (Å²) in [5.74, 6) is 0.0595. The lowest BCUT2D eigenvalue weighted by Gasteiger charge is -2.06. The van der Waals surface area contributed by atoms with Crippen LogP contribution in [0, 0.1) is 0 Å². The lowest BCUT2D eigenvalue weighted by atomic mass is 10.3. The van der Waals surface area contributed by atoms with E-state index in [1.807, 2.05) is 0 Å². The third kappa shape index (κ3) is 2.64. The van der Waals surface area contributed by atoms with Crippen molar-refractivity contribution in [2.45, 2.75) is 6.92 Å². The molecule has 14 heavy (non-hydrogen) atoms. The predicted octanol–water partition coefficient (Wildman–Crippen LogP) is 0.898. The van der Waals surface area contributed by atoms with Crippen molar-refractivity contribution < 1.29 is 9.53 Å². The maximum absolute atomic E-state index is 11.4. The fourth-order valence-corrected chi connectivity index (χ4v) is 1.13. The van der Waals surface area contributed by atoms with Crippen LogP contribution in [-0.2, 0) is 4.74 Å². The summed E-state index contributed by atoms with van der Waals surface area (Å²) in [6.45, 7) is 2.11. The smallest absolute Gasteiger partial charge is 0.342 e. The molecule has 1 aromatic heterocycles. The molecule has 0 saturated heterocycles. The minimum Gasteiger partial charge on any atom is -0.462 e. The molecule has 0 aliphatic heterocycles. The summed E-state index contributed by atoms with van der Waals surface area (Å²) in [4.78, 5) is 11.4. The van der Waals surface area contributed by atoms with Gasteiger partial charge in [0.2, 0.25) is 0 Å². The second-order valence-corrected chi connectivity index (χ2v) is 2.80. The second-order valence-electron chi connectivity index (χ2n) is 2.39. The van der Waals surface area contributed by atoms with Crippen LogP contribution in [0.1, 0.15) is 17.3 Å². The molecule has 0 fully saturated rings. The van der Waals surface area contributed by atoms with Gasteiger partial charge in [-0.25, -0.2) is 4.79 Å². The molecule has 1 aromatic rings. The van der Waals surface area contributed by atoms with Gasteiger partial charge in [-0.1, -0.05) is 0 Å². The summed E-state index contributed by atoms with van der Waals surface area (Å²) < 4.78 is 4.86. The van der Waals surface area contributed by atoms with Gasteiger partial charge >= 0.3 is 5.97 Å². The zero-order valence-electron chi connectivity index (χ0n) is 7.86. The number of hydrogen-bond acceptors (Lipinski definition) is 5. The van der Waals surface area contributed by atoms with E-state index in [0.29, 0.717) is 24.3 Å². The molecule has 0 amide bonds. The Morgan fingerprint density at radius 2 is 2.50 bits per heavy atom. The number of carbonyl (C=O) groups excluding carboxylic acids is 1. The van der Waals surface area contributed by atoms with Crippen molar-refractivity contribution in [3.63, 3.8) is 0 Å². The van der Waals surface area contributed by atoms with Crippen LogP contribution < -0.4 is 5.32 Å². The Kier molecular flexibility index (Phi) is 4.26. The van der Waals surface area contributed by atoms with E-state index in [4.69, 9.17) is 4.74 Å². The number of esters is 1. The third-order valence-electron chi connectivity index (χ3n) is 1.49. The van der Waals surface area contributed by atoms with E-state index < -0.39 is 0 Å². The summed E-state index contributed by atoms with van der Waals surface area (Å²) >= 11 is 0. The Balaban J connectivity index is 2.88. The first-order valence-corrected chi connectivity index (χ1v) is 5.04. The molecule has 0 radical (unpaired) electrons. The number of nitrogens with one attached hydrogen (secondary N) is 1. The van der Waals surface area contributed by atoms with Crippen molar-refractivity contribution in [2.24, 2.45) is 0 Å². The average molecular weight is 213 g/mol. The molecule has 1 heterocycles. The second kappa shape index (κ2) is 5.50. The summed E-state index contributed by atoms with van der Waals surface area (Å²) in [6.07, 6.45) is 2.06. The van der Waals surface area contributed by atoms with Gasteiger partial charge in [0, 0.05) is 6.29 Å². The number of aromatic nitrogens is 2. The molecule has 0 spiro atoms. The molecule has 76 valence electrons. The minimum absolute atomic E-state index is 0.349. The number of carbonyl (C=O) groups is 1. The fraction of sp³-hybridized carbons (Fsp3) is 0.375. The van der Waals surface area contributed by atoms with E-state index in [-0.39, 0.29) is 5.97 Å². The molecule has 0 bridgehead atoms. The number of nitrogens with zero attached hydrogens (tertiary/aromatic N) is 2. The maximum Gasteiger partial charge on any atom is 0.342 e. The third-order valence-corrected chi connectivity index (χ3v) is 1.69. The number of anilines is 1. The molecule has 1 rings (SSSR count). The van der Waals surface area contributed by atoms with Crippen LogP contribution in [0.4, 0.5) is 5.82 Å². The van der Waals surface area contributed by atoms with Crippen molar-refractivity contribution in [2.75, 3.05) is 18.2 Å². The molecule has 1 atom stereocenters. The van der Waals surface area contributed by atoms with Crippen LogP contribution in [-0.4, -0.2) is 29.1 Å². The van der Waals surface area contributed by atoms with Crippen LogP contribution in [0.25, 0.3) is 0 Å². The number of ether oxygens (including phenoxy) is 1. The van der Waals surface area contributed by atoms with Crippen LogP contribution in [0.2, 0.25) is 0 Å². The first kappa shape index (κ1) is 10.9. The van der Waals surface area contributed by atoms with Crippen molar-refractivity contribution in [3.8, 4) is 0 Å². The summed E-state index contributed by atoms with van der Waals surface area (Å²) in [5, 5.41) is 10.4. The summed E-state index contributed by atoms with van der Waals surface area (Å²) in [7, 11) is 2.48. The van der Waals surface area contributed by atoms with Gasteiger partial charge < -0.3 is 10.1 Å². The Bertz CT molecular complexity index is 319. The highest BCUT2D eigenvalue weighted by Crippen LogP contribution is 2.11. The highest BCUT2D eigenvalue weighted by atomic mass is 31.0. The molecule has 0 aliphatic rings. The molecule has 0 aliphatic carbocycles. The molecular formula is C8H12N3O2P. The Morgan fingerprint density at radius 3 is 3.14 bits per heavy atom. The van der Waals surface area contributed by atoms with Gasteiger partial charge in [0.25, 0.3) is 0 Å². The van der Waals surface area contributed by atoms with E-state index in [2.05, 4.69) is 24.8 Å². The highest BCUT2D eigenvalue weighted by Gasteiger charge is 2.12. The van der Waals surface area contributed by atoms with Gasteiger partial charge in [-0.05, 0) is 13.0 Å². The largest absolute Gasteiger partial charge is 0.462 e. The minimum atomic E-state index is -0.386. The molecule has 5 nitrogen and oxygen atoms in total. The predicted molar refractivity (Wildman–Crippen MR) is 56.2 cm³/mol. The van der Waals surface area contributed by atoms with Gasteiger partial charge in [0.1, 0.15) is 5.56 Å². The van der Waals surface area contributed by atoms with Gasteiger partial charge in [-0.3, -0.25) is 0 Å². The molecule has 1 N–H and O–H groups in total. The van der Waals surface area contributed by atoms with Crippen LogP contribution >= 0.6 is 9.24 Å². The van der Waals surface area contributed by atoms with Crippen molar-refractivity contribution >= 4 is 21.0 Å². The van der Waals surface area contributed by atoms with Crippen LogP contribution in [0.3, 0.4) is 0 Å². The van der Waals surface area contributed by atoms with Gasteiger partial charge in [0.15, 0.2) is 5.82 Å². The normalized spacial score (nSPS) is 9.57. The first-order valence-electron chi connectivity index (χ1n) is 4.22. The average Bonchev–Trinajstić information content (AvgIpc) is 2.19. The quantitative estimate of drug-likeness (QED) is 0.594. The standard InChI is InChI=1S/C8H12N3O2P/c1-2-13-8(12)6-3-4-10-11-7(6)9-5-14/h3-4H,2,5,14H2,1H3,(H,9,11). The van der Waals surface area contributed by atoms with Crippen LogP contribution in [0.5, 0.6) is 0 Å². The highest BCUT2D eigenvalue weighted by molar-refractivity contribution is 7.16. The summed E-state index contributed by atoms with van der Waals surface area (Å²) in [5.41, 5.74) is 0.407. The zero-order valence-corrected chi connectivity index (χ0v) is 9.01. The van der Waals surface area contributed by atoms with Gasteiger partial charge in [-0.15, -0.1) is 14.3 Å². The number of rotatable bonds is 4. The molecule has 0 aromatic carbocycles. The SMILES string of the molecule is CCOC(=O)c1ccnnc1NCP. The van der Waals surface area contributed by atoms with E-state index in [9.17, 15) is 4.79 Å². The fourth-order valence-electron chi connectivity index (χ4n) is 0.933. The van der Waals surface area contributed by atoms with Gasteiger partial charge in [0.05, 0.1) is 12.8 Å². The molecule has 0 saturated carbocycles. The van der Waals surface area contributed by atoms with Crippen molar-refractivity contribution in [3.05, 3.63) is 17.8 Å². The molecule has 1 unspecified atom stereocenters. The van der Waals surface area contributed by atoms with E-state index in [0.717, 1.165) is 0 Å². The van der Waals surface area contributed by atoms with Crippen molar-refractivity contribution in [1.82, 2.24) is 10.2 Å². The van der Waals surface area contributed by atoms with E-state index in [1.165, 1.54) is 6.20 Å². The lowest BCUT2D eigenvalue weighted by molar-refractivity contribution is 0.0527. The summed E-state index contributed by atoms with van der Waals surface area (Å²) in [6, 6.07) is 1.58. The Hall–Kier alpha value is -1.22. The van der Waals surface area contributed by atoms with Crippen molar-refractivity contribution in [1.29, 1.82) is 0 Å². The molecular weight excluding hydrogens is 201 g/mol.